The van der Waals surface area contributed by atoms with Crippen LogP contribution >= 0.6 is 11.8 Å². The summed E-state index contributed by atoms with van der Waals surface area (Å²) in [6.45, 7) is 0.859. The Morgan fingerprint density at radius 3 is 2.81 bits per heavy atom. The van der Waals surface area contributed by atoms with E-state index in [-0.39, 0.29) is 12.5 Å². The van der Waals surface area contributed by atoms with Crippen LogP contribution in [-0.4, -0.2) is 48.3 Å². The average Bonchev–Trinajstić information content (AvgIpc) is 2.53. The first-order valence-corrected chi connectivity index (χ1v) is 8.03. The maximum Gasteiger partial charge on any atom is 0.308 e. The Bertz CT molecular complexity index is 546. The second kappa shape index (κ2) is 6.85. The standard InChI is InChI=1S/C15H19NO4S/c1-20-13-8-11(21-2)5-6-12(13)14(17)16-7-3-4-10(9-16)15(18)19/h5-6,8,10H,3-4,7,9H2,1-2H3,(H,18,19)/t10-/m1/s1. The molecule has 1 N–H and O–H groups in total. The van der Waals surface area contributed by atoms with Crippen molar-refractivity contribution in [3.8, 4) is 5.75 Å². The van der Waals surface area contributed by atoms with Gasteiger partial charge in [-0.1, -0.05) is 0 Å². The van der Waals surface area contributed by atoms with Crippen molar-refractivity contribution < 1.29 is 19.4 Å². The van der Waals surface area contributed by atoms with E-state index in [9.17, 15) is 9.59 Å². The van der Waals surface area contributed by atoms with Crippen LogP contribution in [0.3, 0.4) is 0 Å². The van der Waals surface area contributed by atoms with Gasteiger partial charge >= 0.3 is 5.97 Å². The summed E-state index contributed by atoms with van der Waals surface area (Å²) in [5.74, 6) is -0.939. The summed E-state index contributed by atoms with van der Waals surface area (Å²) in [6.07, 6.45) is 3.30. The lowest BCUT2D eigenvalue weighted by atomic mass is 9.97. The largest absolute Gasteiger partial charge is 0.496 e. The van der Waals surface area contributed by atoms with E-state index in [1.54, 1.807) is 22.7 Å². The maximum absolute atomic E-state index is 12.6. The normalized spacial score (nSPS) is 18.4. The topological polar surface area (TPSA) is 66.8 Å². The van der Waals surface area contributed by atoms with Crippen LogP contribution in [0.2, 0.25) is 0 Å². The van der Waals surface area contributed by atoms with Crippen LogP contribution in [0.25, 0.3) is 0 Å². The molecule has 21 heavy (non-hydrogen) atoms. The zero-order chi connectivity index (χ0) is 15.4. The SMILES string of the molecule is COc1cc(SC)ccc1C(=O)N1CCC[C@@H](C(=O)O)C1. The number of carboxylic acids is 1. The second-order valence-corrected chi connectivity index (χ2v) is 5.87. The van der Waals surface area contributed by atoms with E-state index in [2.05, 4.69) is 0 Å². The van der Waals surface area contributed by atoms with E-state index >= 15 is 0 Å². The summed E-state index contributed by atoms with van der Waals surface area (Å²) in [7, 11) is 1.53. The number of amides is 1. The van der Waals surface area contributed by atoms with E-state index in [1.165, 1.54) is 7.11 Å². The monoisotopic (exact) mass is 309 g/mol. The third-order valence-corrected chi connectivity index (χ3v) is 4.42. The fourth-order valence-corrected chi connectivity index (χ4v) is 2.94. The molecule has 1 atom stereocenters. The number of aliphatic carboxylic acids is 1. The lowest BCUT2D eigenvalue weighted by Crippen LogP contribution is -2.42. The van der Waals surface area contributed by atoms with E-state index < -0.39 is 11.9 Å². The molecule has 0 radical (unpaired) electrons. The minimum absolute atomic E-state index is 0.162. The van der Waals surface area contributed by atoms with Gasteiger partial charge in [-0.25, -0.2) is 0 Å². The summed E-state index contributed by atoms with van der Waals surface area (Å²) < 4.78 is 5.30. The second-order valence-electron chi connectivity index (χ2n) is 4.99. The lowest BCUT2D eigenvalue weighted by Gasteiger charge is -2.31. The highest BCUT2D eigenvalue weighted by Crippen LogP contribution is 2.28. The third kappa shape index (κ3) is 3.50. The third-order valence-electron chi connectivity index (χ3n) is 3.70. The van der Waals surface area contributed by atoms with Gasteiger partial charge in [0.2, 0.25) is 0 Å². The van der Waals surface area contributed by atoms with Crippen molar-refractivity contribution in [3.05, 3.63) is 23.8 Å². The van der Waals surface area contributed by atoms with E-state index in [4.69, 9.17) is 9.84 Å². The smallest absolute Gasteiger partial charge is 0.308 e. The Morgan fingerprint density at radius 1 is 1.43 bits per heavy atom. The fraction of sp³-hybridized carbons (Fsp3) is 0.467. The van der Waals surface area contributed by atoms with Crippen LogP contribution in [0.5, 0.6) is 5.75 Å². The Morgan fingerprint density at radius 2 is 2.19 bits per heavy atom. The molecular formula is C15H19NO4S. The molecule has 2 rings (SSSR count). The number of likely N-dealkylation sites (tertiary alicyclic amines) is 1. The van der Waals surface area contributed by atoms with Gasteiger partial charge in [0.1, 0.15) is 5.75 Å². The summed E-state index contributed by atoms with van der Waals surface area (Å²) >= 11 is 1.58. The summed E-state index contributed by atoms with van der Waals surface area (Å²) in [4.78, 5) is 26.3. The number of nitrogens with zero attached hydrogens (tertiary/aromatic N) is 1. The van der Waals surface area contributed by atoms with Crippen molar-refractivity contribution in [2.24, 2.45) is 5.92 Å². The van der Waals surface area contributed by atoms with Crippen molar-refractivity contribution in [1.29, 1.82) is 0 Å². The molecule has 0 saturated carbocycles. The number of carboxylic acid groups (broad SMARTS) is 1. The average molecular weight is 309 g/mol. The van der Waals surface area contributed by atoms with E-state index in [0.717, 1.165) is 4.90 Å². The summed E-state index contributed by atoms with van der Waals surface area (Å²) in [5.41, 5.74) is 0.487. The Labute approximate surface area is 128 Å². The minimum Gasteiger partial charge on any atom is -0.496 e. The molecule has 0 aliphatic carbocycles. The van der Waals surface area contributed by atoms with Gasteiger partial charge in [-0.05, 0) is 37.3 Å². The molecule has 0 bridgehead atoms. The Kier molecular flexibility index (Phi) is 5.12. The van der Waals surface area contributed by atoms with Gasteiger partial charge < -0.3 is 14.7 Å². The molecule has 1 aromatic rings. The number of hydrogen-bond acceptors (Lipinski definition) is 4. The van der Waals surface area contributed by atoms with Crippen molar-refractivity contribution in [1.82, 2.24) is 4.90 Å². The number of piperidine rings is 1. The van der Waals surface area contributed by atoms with Crippen molar-refractivity contribution >= 4 is 23.6 Å². The number of carbonyl (C=O) groups is 2. The van der Waals surface area contributed by atoms with Crippen LogP contribution in [-0.2, 0) is 4.79 Å². The first-order valence-electron chi connectivity index (χ1n) is 6.81. The molecule has 1 saturated heterocycles. The van der Waals surface area contributed by atoms with Gasteiger partial charge in [0, 0.05) is 18.0 Å². The highest BCUT2D eigenvalue weighted by atomic mass is 32.2. The fourth-order valence-electron chi connectivity index (χ4n) is 2.51. The van der Waals surface area contributed by atoms with E-state index in [1.807, 2.05) is 18.4 Å². The number of ether oxygens (including phenoxy) is 1. The number of rotatable bonds is 4. The van der Waals surface area contributed by atoms with Crippen LogP contribution in [0.1, 0.15) is 23.2 Å². The molecule has 5 nitrogen and oxygen atoms in total. The predicted molar refractivity (Wildman–Crippen MR) is 81.0 cm³/mol. The van der Waals surface area contributed by atoms with Crippen LogP contribution in [0, 0.1) is 5.92 Å². The molecule has 1 aliphatic rings. The molecular weight excluding hydrogens is 290 g/mol. The van der Waals surface area contributed by atoms with Crippen LogP contribution in [0.4, 0.5) is 0 Å². The molecule has 114 valence electrons. The molecule has 0 aromatic heterocycles. The van der Waals surface area contributed by atoms with Gasteiger partial charge in [0.25, 0.3) is 5.91 Å². The zero-order valence-electron chi connectivity index (χ0n) is 12.2. The first-order chi connectivity index (χ1) is 10.1. The van der Waals surface area contributed by atoms with Gasteiger partial charge in [-0.3, -0.25) is 9.59 Å². The Hall–Kier alpha value is -1.69. The molecule has 1 fully saturated rings. The zero-order valence-corrected chi connectivity index (χ0v) is 13.0. The van der Waals surface area contributed by atoms with Gasteiger partial charge in [0.15, 0.2) is 0 Å². The molecule has 0 spiro atoms. The van der Waals surface area contributed by atoms with Crippen molar-refractivity contribution in [3.63, 3.8) is 0 Å². The number of methoxy groups -OCH3 is 1. The predicted octanol–water partition coefficient (Wildman–Crippen LogP) is 2.35. The maximum atomic E-state index is 12.6. The summed E-state index contributed by atoms with van der Waals surface area (Å²) in [6, 6.07) is 5.45. The first kappa shape index (κ1) is 15.7. The molecule has 1 aromatic carbocycles. The minimum atomic E-state index is -0.836. The highest BCUT2D eigenvalue weighted by molar-refractivity contribution is 7.98. The van der Waals surface area contributed by atoms with E-state index in [0.29, 0.717) is 30.7 Å². The number of benzene rings is 1. The van der Waals surface area contributed by atoms with Gasteiger partial charge in [-0.2, -0.15) is 0 Å². The van der Waals surface area contributed by atoms with Gasteiger partial charge in [0.05, 0.1) is 18.6 Å². The molecule has 1 aliphatic heterocycles. The number of thioether (sulfide) groups is 1. The molecule has 0 unspecified atom stereocenters. The number of carbonyl (C=O) groups excluding carboxylic acids is 1. The van der Waals surface area contributed by atoms with Crippen molar-refractivity contribution in [2.75, 3.05) is 26.5 Å². The molecule has 1 heterocycles. The molecule has 1 amide bonds. The van der Waals surface area contributed by atoms with Gasteiger partial charge in [-0.15, -0.1) is 11.8 Å². The van der Waals surface area contributed by atoms with Crippen LogP contribution < -0.4 is 4.74 Å². The van der Waals surface area contributed by atoms with Crippen LogP contribution in [0.15, 0.2) is 23.1 Å². The quantitative estimate of drug-likeness (QED) is 0.865. The lowest BCUT2D eigenvalue weighted by molar-refractivity contribution is -0.143. The summed E-state index contributed by atoms with van der Waals surface area (Å²) in [5, 5.41) is 9.11. The highest BCUT2D eigenvalue weighted by Gasteiger charge is 2.29. The number of hydrogen-bond donors (Lipinski definition) is 1. The Balaban J connectivity index is 2.21. The van der Waals surface area contributed by atoms with Crippen molar-refractivity contribution in [2.45, 2.75) is 17.7 Å². The molecule has 6 heteroatoms.